The number of carbonyl (C=O) groups excluding carboxylic acids is 3. The molecule has 0 spiro atoms. The number of aliphatic hydroxyl groups is 1. The summed E-state index contributed by atoms with van der Waals surface area (Å²) in [5.41, 5.74) is 1.95. The highest BCUT2D eigenvalue weighted by atomic mass is 79.9. The van der Waals surface area contributed by atoms with Crippen LogP contribution in [0.25, 0.3) is 11.3 Å². The first-order chi connectivity index (χ1) is 11.8. The molecule has 0 heterocycles. The van der Waals surface area contributed by atoms with Gasteiger partial charge < -0.3 is 5.11 Å². The standard InChI is InChI=1S/C20H15BrO4/c1-10(22)13-5-8-15-16(9-13)18(20(25)17(15)11(2)23)19(24)12-3-6-14(21)7-4-12/h3-9,17,24H,1-2H3/b19-18-. The van der Waals surface area contributed by atoms with Gasteiger partial charge in [-0.1, -0.05) is 40.2 Å². The first-order valence-corrected chi connectivity index (χ1v) is 8.49. The maximum absolute atomic E-state index is 12.8. The minimum Gasteiger partial charge on any atom is -0.507 e. The second-order valence-corrected chi connectivity index (χ2v) is 6.91. The van der Waals surface area contributed by atoms with E-state index in [4.69, 9.17) is 0 Å². The molecule has 1 unspecified atom stereocenters. The third kappa shape index (κ3) is 2.96. The Balaban J connectivity index is 2.27. The quantitative estimate of drug-likeness (QED) is 0.361. The predicted octanol–water partition coefficient (Wildman–Crippen LogP) is 4.33. The van der Waals surface area contributed by atoms with Crippen molar-refractivity contribution in [1.82, 2.24) is 0 Å². The lowest BCUT2D eigenvalue weighted by Crippen LogP contribution is -2.14. The lowest BCUT2D eigenvalue weighted by molar-refractivity contribution is -0.124. The molecule has 0 aromatic heterocycles. The highest BCUT2D eigenvalue weighted by Crippen LogP contribution is 2.42. The first-order valence-electron chi connectivity index (χ1n) is 7.70. The van der Waals surface area contributed by atoms with Gasteiger partial charge in [-0.2, -0.15) is 0 Å². The van der Waals surface area contributed by atoms with Crippen molar-refractivity contribution in [1.29, 1.82) is 0 Å². The third-order valence-corrected chi connectivity index (χ3v) is 4.84. The Morgan fingerprint density at radius 1 is 1.00 bits per heavy atom. The second-order valence-electron chi connectivity index (χ2n) is 6.00. The van der Waals surface area contributed by atoms with Crippen LogP contribution in [0.4, 0.5) is 0 Å². The smallest absolute Gasteiger partial charge is 0.182 e. The molecule has 126 valence electrons. The molecule has 5 heteroatoms. The van der Waals surface area contributed by atoms with Crippen molar-refractivity contribution in [3.8, 4) is 0 Å². The van der Waals surface area contributed by atoms with Gasteiger partial charge in [-0.25, -0.2) is 0 Å². The van der Waals surface area contributed by atoms with E-state index < -0.39 is 11.7 Å². The monoisotopic (exact) mass is 398 g/mol. The van der Waals surface area contributed by atoms with Crippen molar-refractivity contribution < 1.29 is 19.5 Å². The van der Waals surface area contributed by atoms with E-state index in [-0.39, 0.29) is 22.9 Å². The number of carbonyl (C=O) groups is 3. The van der Waals surface area contributed by atoms with Crippen LogP contribution in [0.15, 0.2) is 46.9 Å². The molecule has 1 atom stereocenters. The second kappa shape index (κ2) is 6.41. The fraction of sp³-hybridized carbons (Fsp3) is 0.150. The van der Waals surface area contributed by atoms with Gasteiger partial charge in [0.1, 0.15) is 17.5 Å². The normalized spacial score (nSPS) is 18.0. The number of hydrogen-bond donors (Lipinski definition) is 1. The molecule has 0 aliphatic heterocycles. The Labute approximate surface area is 153 Å². The zero-order valence-corrected chi connectivity index (χ0v) is 15.3. The number of halogens is 1. The fourth-order valence-electron chi connectivity index (χ4n) is 3.06. The molecule has 0 fully saturated rings. The van der Waals surface area contributed by atoms with E-state index in [1.165, 1.54) is 13.8 Å². The van der Waals surface area contributed by atoms with E-state index in [1.54, 1.807) is 42.5 Å². The number of rotatable bonds is 3. The predicted molar refractivity (Wildman–Crippen MR) is 98.5 cm³/mol. The summed E-state index contributed by atoms with van der Waals surface area (Å²) in [6.45, 7) is 2.78. The van der Waals surface area contributed by atoms with Crippen LogP contribution in [0.2, 0.25) is 0 Å². The molecule has 0 saturated carbocycles. The fourth-order valence-corrected chi connectivity index (χ4v) is 3.33. The SMILES string of the molecule is CC(=O)c1ccc2c(c1)/C(=C(/O)c1ccc(Br)cc1)C(=O)C2C(C)=O. The van der Waals surface area contributed by atoms with Crippen LogP contribution in [-0.2, 0) is 9.59 Å². The van der Waals surface area contributed by atoms with E-state index >= 15 is 0 Å². The van der Waals surface area contributed by atoms with Crippen LogP contribution in [0.3, 0.4) is 0 Å². The number of ketones is 3. The molecule has 1 aliphatic rings. The van der Waals surface area contributed by atoms with Crippen LogP contribution in [-0.4, -0.2) is 22.5 Å². The summed E-state index contributed by atoms with van der Waals surface area (Å²) >= 11 is 3.32. The van der Waals surface area contributed by atoms with Crippen LogP contribution in [0.5, 0.6) is 0 Å². The summed E-state index contributed by atoms with van der Waals surface area (Å²) in [5, 5.41) is 10.7. The van der Waals surface area contributed by atoms with Crippen LogP contribution in [0.1, 0.15) is 46.8 Å². The molecular weight excluding hydrogens is 384 g/mol. The van der Waals surface area contributed by atoms with Gasteiger partial charge >= 0.3 is 0 Å². The van der Waals surface area contributed by atoms with Gasteiger partial charge in [-0.3, -0.25) is 14.4 Å². The largest absolute Gasteiger partial charge is 0.507 e. The van der Waals surface area contributed by atoms with Crippen molar-refractivity contribution in [2.75, 3.05) is 0 Å². The minimum atomic E-state index is -0.941. The zero-order valence-electron chi connectivity index (χ0n) is 13.7. The molecule has 0 amide bonds. The molecule has 1 aliphatic carbocycles. The maximum Gasteiger partial charge on any atom is 0.182 e. The molecule has 0 saturated heterocycles. The third-order valence-electron chi connectivity index (χ3n) is 4.31. The summed E-state index contributed by atoms with van der Waals surface area (Å²) in [6.07, 6.45) is 0. The Morgan fingerprint density at radius 3 is 2.16 bits per heavy atom. The highest BCUT2D eigenvalue weighted by molar-refractivity contribution is 9.10. The number of fused-ring (bicyclic) bond motifs is 1. The number of benzene rings is 2. The molecule has 4 nitrogen and oxygen atoms in total. The van der Waals surface area contributed by atoms with E-state index in [1.807, 2.05) is 0 Å². The van der Waals surface area contributed by atoms with Crippen LogP contribution in [0, 0.1) is 0 Å². The van der Waals surface area contributed by atoms with Crippen LogP contribution >= 0.6 is 15.9 Å². The van der Waals surface area contributed by atoms with Gasteiger partial charge in [-0.15, -0.1) is 0 Å². The summed E-state index contributed by atoms with van der Waals surface area (Å²) in [5.74, 6) is -2.01. The molecule has 2 aromatic carbocycles. The summed E-state index contributed by atoms with van der Waals surface area (Å²) in [4.78, 5) is 36.5. The Bertz CT molecular complexity index is 939. The van der Waals surface area contributed by atoms with E-state index in [9.17, 15) is 19.5 Å². The van der Waals surface area contributed by atoms with Crippen LogP contribution < -0.4 is 0 Å². The Hall–Kier alpha value is -2.53. The van der Waals surface area contributed by atoms with Gasteiger partial charge in [0.05, 0.1) is 5.57 Å². The summed E-state index contributed by atoms with van der Waals surface area (Å²) in [7, 11) is 0. The number of aliphatic hydroxyl groups excluding tert-OH is 1. The lowest BCUT2D eigenvalue weighted by atomic mass is 9.95. The lowest BCUT2D eigenvalue weighted by Gasteiger charge is -2.07. The van der Waals surface area contributed by atoms with E-state index in [0.29, 0.717) is 22.3 Å². The number of allylic oxidation sites excluding steroid dienone is 1. The Kier molecular flexibility index (Phi) is 4.43. The van der Waals surface area contributed by atoms with E-state index in [2.05, 4.69) is 15.9 Å². The van der Waals surface area contributed by atoms with Gasteiger partial charge in [-0.05, 0) is 43.2 Å². The summed E-state index contributed by atoms with van der Waals surface area (Å²) < 4.78 is 0.840. The molecule has 1 N–H and O–H groups in total. The molecule has 3 rings (SSSR count). The van der Waals surface area contributed by atoms with Gasteiger partial charge in [0.2, 0.25) is 0 Å². The summed E-state index contributed by atoms with van der Waals surface area (Å²) in [6, 6.07) is 11.6. The van der Waals surface area contributed by atoms with Crippen molar-refractivity contribution in [3.63, 3.8) is 0 Å². The average Bonchev–Trinajstić information content (AvgIpc) is 2.85. The van der Waals surface area contributed by atoms with Crippen molar-refractivity contribution in [2.45, 2.75) is 19.8 Å². The van der Waals surface area contributed by atoms with Crippen molar-refractivity contribution >= 4 is 44.6 Å². The number of Topliss-reactive ketones (excluding diaryl/α,β-unsaturated/α-hetero) is 3. The first kappa shape index (κ1) is 17.3. The van der Waals surface area contributed by atoms with E-state index in [0.717, 1.165) is 4.47 Å². The average molecular weight is 399 g/mol. The molecule has 2 aromatic rings. The molecular formula is C20H15BrO4. The highest BCUT2D eigenvalue weighted by Gasteiger charge is 2.40. The molecule has 0 bridgehead atoms. The van der Waals surface area contributed by atoms with Gasteiger partial charge in [0.25, 0.3) is 0 Å². The van der Waals surface area contributed by atoms with Gasteiger partial charge in [0, 0.05) is 15.6 Å². The van der Waals surface area contributed by atoms with Crippen molar-refractivity contribution in [3.05, 3.63) is 69.2 Å². The molecule has 25 heavy (non-hydrogen) atoms. The Morgan fingerprint density at radius 2 is 1.60 bits per heavy atom. The minimum absolute atomic E-state index is 0.0839. The molecule has 0 radical (unpaired) electrons. The van der Waals surface area contributed by atoms with Gasteiger partial charge in [0.15, 0.2) is 11.6 Å². The number of hydrogen-bond acceptors (Lipinski definition) is 4. The maximum atomic E-state index is 12.8. The topological polar surface area (TPSA) is 71.4 Å². The van der Waals surface area contributed by atoms with Crippen molar-refractivity contribution in [2.24, 2.45) is 0 Å². The zero-order chi connectivity index (χ0) is 18.3.